The monoisotopic (exact) mass is 389 g/mol. The lowest BCUT2D eigenvalue weighted by molar-refractivity contribution is 0.0900. The quantitative estimate of drug-likeness (QED) is 0.830. The largest absolute Gasteiger partial charge is 0.493 e. The minimum atomic E-state index is -0.279. The fraction of sp³-hybridized carbons (Fsp3) is 0.526. The van der Waals surface area contributed by atoms with Crippen molar-refractivity contribution in [3.8, 4) is 11.5 Å². The lowest BCUT2D eigenvalue weighted by atomic mass is 10.2. The van der Waals surface area contributed by atoms with E-state index in [1.54, 1.807) is 25.2 Å². The fourth-order valence-corrected chi connectivity index (χ4v) is 3.08. The molecule has 1 aliphatic heterocycles. The molecule has 9 heteroatoms. The van der Waals surface area contributed by atoms with Crippen LogP contribution in [0.1, 0.15) is 13.8 Å². The van der Waals surface area contributed by atoms with Gasteiger partial charge in [0.2, 0.25) is 5.95 Å². The van der Waals surface area contributed by atoms with Crippen LogP contribution in [0, 0.1) is 5.92 Å². The number of anilines is 2. The summed E-state index contributed by atoms with van der Waals surface area (Å²) in [7, 11) is 3.14. The molecule has 1 aromatic carbocycles. The zero-order valence-corrected chi connectivity index (χ0v) is 16.8. The maximum Gasteiger partial charge on any atom is 0.409 e. The number of benzene rings is 1. The molecule has 28 heavy (non-hydrogen) atoms. The van der Waals surface area contributed by atoms with Gasteiger partial charge < -0.3 is 29.7 Å². The van der Waals surface area contributed by atoms with Gasteiger partial charge in [0.05, 0.1) is 20.8 Å². The van der Waals surface area contributed by atoms with Crippen molar-refractivity contribution >= 4 is 28.8 Å². The number of nitrogens with zero attached hydrogens (tertiary/aromatic N) is 4. The minimum absolute atomic E-state index is 0.279. The molecule has 3 rings (SSSR count). The van der Waals surface area contributed by atoms with Gasteiger partial charge in [-0.2, -0.15) is 4.98 Å². The second-order valence-electron chi connectivity index (χ2n) is 7.05. The van der Waals surface area contributed by atoms with E-state index in [0.29, 0.717) is 72.9 Å². The van der Waals surface area contributed by atoms with Crippen LogP contribution < -0.4 is 20.1 Å². The fourth-order valence-electron chi connectivity index (χ4n) is 3.08. The average Bonchev–Trinajstić information content (AvgIpc) is 2.71. The van der Waals surface area contributed by atoms with Crippen LogP contribution in [0.4, 0.5) is 16.6 Å². The number of aromatic nitrogens is 2. The Morgan fingerprint density at radius 1 is 1.14 bits per heavy atom. The number of fused-ring (bicyclic) bond motifs is 1. The Labute approximate surface area is 164 Å². The summed E-state index contributed by atoms with van der Waals surface area (Å²) in [6, 6.07) is 3.60. The van der Waals surface area contributed by atoms with Crippen molar-refractivity contribution in [1.82, 2.24) is 14.9 Å². The molecule has 1 amide bonds. The number of carbonyl (C=O) groups excluding carboxylic acids is 1. The van der Waals surface area contributed by atoms with Gasteiger partial charge in [-0.05, 0) is 18.1 Å². The Bertz CT molecular complexity index is 850. The maximum atomic E-state index is 12.1. The van der Waals surface area contributed by atoms with Crippen LogP contribution in [0.25, 0.3) is 10.9 Å². The van der Waals surface area contributed by atoms with Gasteiger partial charge in [0.1, 0.15) is 11.3 Å². The zero-order chi connectivity index (χ0) is 20.3. The summed E-state index contributed by atoms with van der Waals surface area (Å²) in [4.78, 5) is 24.9. The third kappa shape index (κ3) is 3.97. The molecule has 152 valence electrons. The van der Waals surface area contributed by atoms with E-state index < -0.39 is 0 Å². The normalized spacial score (nSPS) is 14.5. The molecule has 9 nitrogen and oxygen atoms in total. The molecule has 1 saturated heterocycles. The number of hydrogen-bond donors (Lipinski definition) is 1. The smallest absolute Gasteiger partial charge is 0.409 e. The highest BCUT2D eigenvalue weighted by atomic mass is 16.6. The second-order valence-corrected chi connectivity index (χ2v) is 7.05. The lowest BCUT2D eigenvalue weighted by Crippen LogP contribution is -2.49. The van der Waals surface area contributed by atoms with Crippen LogP contribution in [0.2, 0.25) is 0 Å². The number of ether oxygens (including phenoxy) is 3. The highest BCUT2D eigenvalue weighted by Gasteiger charge is 2.25. The Balaban J connectivity index is 1.79. The molecule has 1 aromatic heterocycles. The van der Waals surface area contributed by atoms with Crippen molar-refractivity contribution in [2.75, 3.05) is 57.6 Å². The summed E-state index contributed by atoms with van der Waals surface area (Å²) in [5.74, 6) is 2.29. The van der Waals surface area contributed by atoms with Gasteiger partial charge >= 0.3 is 6.09 Å². The molecule has 0 radical (unpaired) electrons. The number of hydrogen-bond acceptors (Lipinski definition) is 8. The highest BCUT2D eigenvalue weighted by molar-refractivity contribution is 5.95. The van der Waals surface area contributed by atoms with Crippen LogP contribution in [0.3, 0.4) is 0 Å². The van der Waals surface area contributed by atoms with Crippen molar-refractivity contribution in [1.29, 1.82) is 0 Å². The third-order valence-corrected chi connectivity index (χ3v) is 4.59. The summed E-state index contributed by atoms with van der Waals surface area (Å²) in [5.41, 5.74) is 6.76. The van der Waals surface area contributed by atoms with E-state index >= 15 is 0 Å². The first-order valence-corrected chi connectivity index (χ1v) is 9.29. The summed E-state index contributed by atoms with van der Waals surface area (Å²) in [6.45, 7) is 6.69. The second kappa shape index (κ2) is 8.37. The summed E-state index contributed by atoms with van der Waals surface area (Å²) >= 11 is 0. The van der Waals surface area contributed by atoms with E-state index in [0.717, 1.165) is 0 Å². The average molecular weight is 389 g/mol. The minimum Gasteiger partial charge on any atom is -0.493 e. The molecule has 0 spiro atoms. The van der Waals surface area contributed by atoms with Crippen LogP contribution in [-0.2, 0) is 4.74 Å². The highest BCUT2D eigenvalue weighted by Crippen LogP contribution is 2.36. The van der Waals surface area contributed by atoms with Gasteiger partial charge in [0.25, 0.3) is 0 Å². The van der Waals surface area contributed by atoms with Crippen molar-refractivity contribution in [3.05, 3.63) is 12.1 Å². The predicted octanol–water partition coefficient (Wildman–Crippen LogP) is 2.14. The van der Waals surface area contributed by atoms with E-state index in [1.807, 2.05) is 24.8 Å². The summed E-state index contributed by atoms with van der Waals surface area (Å²) in [5, 5.41) is 0.706. The van der Waals surface area contributed by atoms with Gasteiger partial charge in [-0.1, -0.05) is 13.8 Å². The van der Waals surface area contributed by atoms with Crippen molar-refractivity contribution in [2.45, 2.75) is 13.8 Å². The Morgan fingerprint density at radius 3 is 2.46 bits per heavy atom. The van der Waals surface area contributed by atoms with E-state index in [4.69, 9.17) is 19.9 Å². The molecular formula is C19H27N5O4. The topological polar surface area (TPSA) is 103 Å². The molecular weight excluding hydrogens is 362 g/mol. The Kier molecular flexibility index (Phi) is 5.91. The van der Waals surface area contributed by atoms with Gasteiger partial charge in [0, 0.05) is 31.6 Å². The molecule has 0 aliphatic carbocycles. The molecule has 0 saturated carbocycles. The number of nitrogens with two attached hydrogens (primary N) is 1. The van der Waals surface area contributed by atoms with E-state index in [9.17, 15) is 4.79 Å². The Morgan fingerprint density at radius 2 is 1.86 bits per heavy atom. The number of nitrogen functional groups attached to an aromatic ring is 1. The molecule has 1 fully saturated rings. The summed E-state index contributed by atoms with van der Waals surface area (Å²) < 4.78 is 16.1. The zero-order valence-electron chi connectivity index (χ0n) is 16.8. The number of carbonyl (C=O) groups is 1. The predicted molar refractivity (Wildman–Crippen MR) is 107 cm³/mol. The van der Waals surface area contributed by atoms with Crippen LogP contribution >= 0.6 is 0 Å². The first kappa shape index (κ1) is 19.8. The Hall–Kier alpha value is -2.97. The summed E-state index contributed by atoms with van der Waals surface area (Å²) in [6.07, 6.45) is -0.279. The SMILES string of the molecule is COc1ccc2c(N)nc(N3CCN(C(=O)OCC(C)C)CC3)nc2c1OC. The number of rotatable bonds is 5. The van der Waals surface area contributed by atoms with Gasteiger partial charge in [0.15, 0.2) is 11.5 Å². The number of amides is 1. The molecule has 2 heterocycles. The van der Waals surface area contributed by atoms with Gasteiger partial charge in [-0.25, -0.2) is 9.78 Å². The lowest BCUT2D eigenvalue weighted by Gasteiger charge is -2.34. The molecule has 0 atom stereocenters. The number of methoxy groups -OCH3 is 2. The molecule has 0 bridgehead atoms. The first-order valence-electron chi connectivity index (χ1n) is 9.29. The van der Waals surface area contributed by atoms with E-state index in [2.05, 4.69) is 9.97 Å². The number of piperazine rings is 1. The van der Waals surface area contributed by atoms with Crippen molar-refractivity contribution in [3.63, 3.8) is 0 Å². The molecule has 0 unspecified atom stereocenters. The van der Waals surface area contributed by atoms with Crippen molar-refractivity contribution < 1.29 is 19.0 Å². The van der Waals surface area contributed by atoms with Crippen molar-refractivity contribution in [2.24, 2.45) is 5.92 Å². The van der Waals surface area contributed by atoms with E-state index in [-0.39, 0.29) is 6.09 Å². The van der Waals surface area contributed by atoms with Gasteiger partial charge in [-0.15, -0.1) is 0 Å². The molecule has 2 N–H and O–H groups in total. The van der Waals surface area contributed by atoms with E-state index in [1.165, 1.54) is 0 Å². The molecule has 1 aliphatic rings. The molecule has 2 aromatic rings. The van der Waals surface area contributed by atoms with Crippen LogP contribution in [0.5, 0.6) is 11.5 Å². The first-order chi connectivity index (χ1) is 13.4. The van der Waals surface area contributed by atoms with Crippen LogP contribution in [0.15, 0.2) is 12.1 Å². The third-order valence-electron chi connectivity index (χ3n) is 4.59. The van der Waals surface area contributed by atoms with Crippen LogP contribution in [-0.4, -0.2) is 68.0 Å². The van der Waals surface area contributed by atoms with Gasteiger partial charge in [-0.3, -0.25) is 0 Å². The maximum absolute atomic E-state index is 12.1. The standard InChI is InChI=1S/C19H27N5O4/c1-12(2)11-28-19(25)24-9-7-23(8-10-24)18-21-15-13(17(20)22-18)5-6-14(26-3)16(15)27-4/h5-6,12H,7-11H2,1-4H3,(H2,20,21,22).